The number of nitrogens with one attached hydrogen (secondary N) is 1. The summed E-state index contributed by atoms with van der Waals surface area (Å²) in [6.07, 6.45) is 2.14. The molecule has 9 heteroatoms. The number of aryl methyl sites for hydroxylation is 1. The first-order chi connectivity index (χ1) is 14.9. The number of rotatable bonds is 5. The zero-order chi connectivity index (χ0) is 22.0. The molecule has 0 radical (unpaired) electrons. The van der Waals surface area contributed by atoms with Crippen LogP contribution >= 0.6 is 11.6 Å². The van der Waals surface area contributed by atoms with Crippen LogP contribution in [0.4, 0.5) is 5.82 Å². The van der Waals surface area contributed by atoms with Crippen LogP contribution in [0.25, 0.3) is 5.69 Å². The Bertz CT molecular complexity index is 1060. The first kappa shape index (κ1) is 21.3. The van der Waals surface area contributed by atoms with Crippen LogP contribution in [0.2, 0.25) is 5.02 Å². The number of morpholine rings is 1. The van der Waals surface area contributed by atoms with Crippen molar-refractivity contribution in [2.45, 2.75) is 39.5 Å². The van der Waals surface area contributed by atoms with Gasteiger partial charge in [0.25, 0.3) is 5.91 Å². The van der Waals surface area contributed by atoms with Crippen molar-refractivity contribution in [3.63, 3.8) is 0 Å². The zero-order valence-corrected chi connectivity index (χ0v) is 18.5. The summed E-state index contributed by atoms with van der Waals surface area (Å²) in [6.45, 7) is 7.87. The Hall–Kier alpha value is -2.97. The number of carbonyl (C=O) groups is 1. The summed E-state index contributed by atoms with van der Waals surface area (Å²) in [6, 6.07) is 11.1. The van der Waals surface area contributed by atoms with Gasteiger partial charge in [0.2, 0.25) is 0 Å². The lowest BCUT2D eigenvalue weighted by molar-refractivity contribution is -0.00546. The molecule has 1 aromatic carbocycles. The van der Waals surface area contributed by atoms with Gasteiger partial charge >= 0.3 is 0 Å². The van der Waals surface area contributed by atoms with Crippen LogP contribution in [0.5, 0.6) is 0 Å². The highest BCUT2D eigenvalue weighted by atomic mass is 35.5. The normalized spacial score (nSPS) is 18.8. The van der Waals surface area contributed by atoms with Gasteiger partial charge < -0.3 is 15.0 Å². The van der Waals surface area contributed by atoms with E-state index in [1.165, 1.54) is 4.80 Å². The number of aromatic nitrogens is 4. The molecule has 1 aliphatic heterocycles. The summed E-state index contributed by atoms with van der Waals surface area (Å²) in [7, 11) is 0. The highest BCUT2D eigenvalue weighted by molar-refractivity contribution is 6.30. The third-order valence-electron chi connectivity index (χ3n) is 5.04. The summed E-state index contributed by atoms with van der Waals surface area (Å²) in [5, 5.41) is 12.1. The molecule has 4 rings (SSSR count). The van der Waals surface area contributed by atoms with Crippen molar-refractivity contribution in [3.05, 3.63) is 64.6 Å². The van der Waals surface area contributed by atoms with Crippen LogP contribution in [0.3, 0.4) is 0 Å². The Labute approximate surface area is 186 Å². The summed E-state index contributed by atoms with van der Waals surface area (Å²) >= 11 is 6.03. The third kappa shape index (κ3) is 5.03. The first-order valence-corrected chi connectivity index (χ1v) is 10.6. The van der Waals surface area contributed by atoms with Crippen LogP contribution < -0.4 is 10.2 Å². The molecule has 31 heavy (non-hydrogen) atoms. The van der Waals surface area contributed by atoms with Gasteiger partial charge in [0.1, 0.15) is 5.82 Å². The second-order valence-corrected chi connectivity index (χ2v) is 8.21. The first-order valence-electron chi connectivity index (χ1n) is 10.2. The van der Waals surface area contributed by atoms with Gasteiger partial charge in [-0.25, -0.2) is 4.98 Å². The van der Waals surface area contributed by atoms with E-state index in [0.717, 1.165) is 24.5 Å². The number of hydrogen-bond acceptors (Lipinski definition) is 6. The van der Waals surface area contributed by atoms with Gasteiger partial charge in [-0.15, -0.1) is 5.10 Å². The number of benzene rings is 1. The van der Waals surface area contributed by atoms with Gasteiger partial charge in [-0.1, -0.05) is 23.7 Å². The van der Waals surface area contributed by atoms with Gasteiger partial charge in [-0.05, 0) is 50.6 Å². The zero-order valence-electron chi connectivity index (χ0n) is 17.7. The van der Waals surface area contributed by atoms with E-state index >= 15 is 0 Å². The second-order valence-electron chi connectivity index (χ2n) is 7.77. The largest absolute Gasteiger partial charge is 0.372 e. The number of pyridine rings is 1. The summed E-state index contributed by atoms with van der Waals surface area (Å²) in [5.74, 6) is 0.628. The lowest BCUT2D eigenvalue weighted by Gasteiger charge is -2.36. The number of nitrogens with zero attached hydrogens (tertiary/aromatic N) is 5. The van der Waals surface area contributed by atoms with Crippen molar-refractivity contribution in [1.82, 2.24) is 25.3 Å². The number of amides is 1. The van der Waals surface area contributed by atoms with E-state index in [2.05, 4.69) is 39.2 Å². The molecule has 0 aliphatic carbocycles. The molecule has 0 bridgehead atoms. The molecule has 2 unspecified atom stereocenters. The molecule has 1 N–H and O–H groups in total. The molecule has 0 saturated carbocycles. The van der Waals surface area contributed by atoms with Gasteiger partial charge in [0.15, 0.2) is 5.69 Å². The van der Waals surface area contributed by atoms with Crippen molar-refractivity contribution in [2.75, 3.05) is 18.0 Å². The third-order valence-corrected chi connectivity index (χ3v) is 5.28. The summed E-state index contributed by atoms with van der Waals surface area (Å²) in [5.41, 5.74) is 2.43. The molecule has 8 nitrogen and oxygen atoms in total. The maximum atomic E-state index is 12.6. The Morgan fingerprint density at radius 1 is 1.19 bits per heavy atom. The van der Waals surface area contributed by atoms with E-state index < -0.39 is 0 Å². The Morgan fingerprint density at radius 3 is 2.65 bits per heavy atom. The molecule has 3 aromatic rings. The van der Waals surface area contributed by atoms with Gasteiger partial charge in [0.05, 0.1) is 23.6 Å². The predicted molar refractivity (Wildman–Crippen MR) is 119 cm³/mol. The minimum absolute atomic E-state index is 0.174. The van der Waals surface area contributed by atoms with E-state index in [1.807, 2.05) is 24.3 Å². The molecule has 0 spiro atoms. The number of halogens is 1. The SMILES string of the molecule is Cc1nn(-c2cccc(Cl)c2)nc1C(=O)NCc1ccc(N2CC(C)OC(C)C2)nc1. The maximum absolute atomic E-state index is 12.6. The van der Waals surface area contributed by atoms with Gasteiger partial charge in [-0.3, -0.25) is 4.79 Å². The smallest absolute Gasteiger partial charge is 0.274 e. The fourth-order valence-electron chi connectivity index (χ4n) is 3.64. The second kappa shape index (κ2) is 9.03. The molecule has 1 fully saturated rings. The Kier molecular flexibility index (Phi) is 6.20. The Morgan fingerprint density at radius 2 is 1.97 bits per heavy atom. The predicted octanol–water partition coefficient (Wildman–Crippen LogP) is 3.17. The monoisotopic (exact) mass is 440 g/mol. The highest BCUT2D eigenvalue weighted by Gasteiger charge is 2.23. The van der Waals surface area contributed by atoms with E-state index in [1.54, 1.807) is 25.3 Å². The van der Waals surface area contributed by atoms with Crippen LogP contribution in [-0.2, 0) is 11.3 Å². The minimum atomic E-state index is -0.286. The minimum Gasteiger partial charge on any atom is -0.372 e. The fourth-order valence-corrected chi connectivity index (χ4v) is 3.83. The molecule has 1 amide bonds. The highest BCUT2D eigenvalue weighted by Crippen LogP contribution is 2.19. The topological polar surface area (TPSA) is 85.2 Å². The molecule has 1 aliphatic rings. The number of hydrogen-bond donors (Lipinski definition) is 1. The molecular formula is C22H25ClN6O2. The van der Waals surface area contributed by atoms with Crippen molar-refractivity contribution in [1.29, 1.82) is 0 Å². The molecule has 1 saturated heterocycles. The van der Waals surface area contributed by atoms with Crippen molar-refractivity contribution in [2.24, 2.45) is 0 Å². The molecule has 2 atom stereocenters. The van der Waals surface area contributed by atoms with Crippen molar-refractivity contribution >= 4 is 23.3 Å². The average molecular weight is 441 g/mol. The van der Waals surface area contributed by atoms with Crippen molar-refractivity contribution in [3.8, 4) is 5.69 Å². The maximum Gasteiger partial charge on any atom is 0.274 e. The van der Waals surface area contributed by atoms with Crippen LogP contribution in [-0.4, -0.2) is 51.2 Å². The standard InChI is InChI=1S/C22H25ClN6O2/c1-14-12-28(13-15(2)31-14)20-8-7-17(10-24-20)11-25-22(30)21-16(3)26-29(27-21)19-6-4-5-18(23)9-19/h4-10,14-15H,11-13H2,1-3H3,(H,25,30). The van der Waals surface area contributed by atoms with E-state index in [4.69, 9.17) is 16.3 Å². The van der Waals surface area contributed by atoms with E-state index in [9.17, 15) is 4.79 Å². The van der Waals surface area contributed by atoms with E-state index in [0.29, 0.717) is 22.9 Å². The van der Waals surface area contributed by atoms with Gasteiger partial charge in [-0.2, -0.15) is 9.90 Å². The molecule has 3 heterocycles. The molecule has 2 aromatic heterocycles. The number of anilines is 1. The fraction of sp³-hybridized carbons (Fsp3) is 0.364. The number of carbonyl (C=O) groups excluding carboxylic acids is 1. The molecule has 162 valence electrons. The summed E-state index contributed by atoms with van der Waals surface area (Å²) < 4.78 is 5.78. The van der Waals surface area contributed by atoms with Crippen LogP contribution in [0.1, 0.15) is 35.6 Å². The molecular weight excluding hydrogens is 416 g/mol. The van der Waals surface area contributed by atoms with Crippen LogP contribution in [0.15, 0.2) is 42.6 Å². The number of ether oxygens (including phenoxy) is 1. The van der Waals surface area contributed by atoms with Crippen LogP contribution in [0, 0.1) is 6.92 Å². The lowest BCUT2D eigenvalue weighted by Crippen LogP contribution is -2.45. The Balaban J connectivity index is 1.39. The van der Waals surface area contributed by atoms with Gasteiger partial charge in [0, 0.05) is 30.9 Å². The van der Waals surface area contributed by atoms with E-state index in [-0.39, 0.29) is 23.8 Å². The lowest BCUT2D eigenvalue weighted by atomic mass is 10.2. The van der Waals surface area contributed by atoms with Crippen molar-refractivity contribution < 1.29 is 9.53 Å². The summed E-state index contributed by atoms with van der Waals surface area (Å²) in [4.78, 5) is 20.8. The average Bonchev–Trinajstić information content (AvgIpc) is 3.13. The quantitative estimate of drug-likeness (QED) is 0.656.